The molecule has 15 heteroatoms. The van der Waals surface area contributed by atoms with Gasteiger partial charge in [-0.3, -0.25) is 24.0 Å². The number of esters is 5. The Bertz CT molecular complexity index is 884. The summed E-state index contributed by atoms with van der Waals surface area (Å²) in [7, 11) is 0. The molecule has 0 spiro atoms. The molecule has 38 heavy (non-hydrogen) atoms. The van der Waals surface area contributed by atoms with Crippen LogP contribution in [0, 0.1) is 0 Å². The molecule has 1 aliphatic heterocycles. The maximum absolute atomic E-state index is 13.3. The summed E-state index contributed by atoms with van der Waals surface area (Å²) in [4.78, 5) is 71.3. The van der Waals surface area contributed by atoms with Gasteiger partial charge in [-0.1, -0.05) is 0 Å². The highest BCUT2D eigenvalue weighted by atomic mass is 32.2. The molecule has 1 saturated heterocycles. The van der Waals surface area contributed by atoms with E-state index in [1.807, 2.05) is 6.26 Å². The minimum absolute atomic E-state index is 0.0690. The van der Waals surface area contributed by atoms with Crippen LogP contribution >= 0.6 is 23.5 Å². The molecule has 1 rings (SSSR count). The van der Waals surface area contributed by atoms with Gasteiger partial charge in [0.05, 0.1) is 6.04 Å². The van der Waals surface area contributed by atoms with Crippen LogP contribution in [0.5, 0.6) is 0 Å². The van der Waals surface area contributed by atoms with Gasteiger partial charge in [0.1, 0.15) is 25.4 Å². The third kappa shape index (κ3) is 10.3. The third-order valence-electron chi connectivity index (χ3n) is 5.16. The maximum Gasteiger partial charge on any atom is 0.349 e. The van der Waals surface area contributed by atoms with Crippen molar-refractivity contribution in [2.24, 2.45) is 0 Å². The molecule has 0 saturated carbocycles. The van der Waals surface area contributed by atoms with Crippen LogP contribution < -0.4 is 5.32 Å². The minimum atomic E-state index is -1.77. The van der Waals surface area contributed by atoms with Gasteiger partial charge in [-0.2, -0.15) is 11.8 Å². The first-order valence-corrected chi connectivity index (χ1v) is 14.2. The molecule has 0 radical (unpaired) electrons. The molecular weight excluding hydrogens is 546 g/mol. The van der Waals surface area contributed by atoms with Gasteiger partial charge in [0.15, 0.2) is 12.2 Å². The number of hydrogen-bond acceptors (Lipinski definition) is 14. The zero-order chi connectivity index (χ0) is 29.0. The number of amides is 1. The van der Waals surface area contributed by atoms with Crippen molar-refractivity contribution in [3.63, 3.8) is 0 Å². The highest BCUT2D eigenvalue weighted by Gasteiger charge is 2.58. The van der Waals surface area contributed by atoms with E-state index < -0.39 is 77.8 Å². The largest absolute Gasteiger partial charge is 0.462 e. The fraction of sp³-hybridized carbons (Fsp3) is 0.739. The van der Waals surface area contributed by atoms with Crippen LogP contribution in [-0.2, 0) is 57.2 Å². The van der Waals surface area contributed by atoms with Crippen LogP contribution in [0.1, 0.15) is 41.0 Å². The normalized spacial score (nSPS) is 24.2. The molecule has 216 valence electrons. The average Bonchev–Trinajstić information content (AvgIpc) is 2.80. The Labute approximate surface area is 229 Å². The second-order valence-electron chi connectivity index (χ2n) is 8.27. The molecule has 1 aliphatic rings. The number of nitrogens with one attached hydrogen (secondary N) is 1. The topological polar surface area (TPSA) is 170 Å². The van der Waals surface area contributed by atoms with E-state index in [9.17, 15) is 28.8 Å². The van der Waals surface area contributed by atoms with E-state index in [1.54, 1.807) is 6.26 Å². The molecule has 6 atom stereocenters. The van der Waals surface area contributed by atoms with Crippen LogP contribution in [-0.4, -0.2) is 103 Å². The van der Waals surface area contributed by atoms with Crippen molar-refractivity contribution < 1.29 is 57.2 Å². The summed E-state index contributed by atoms with van der Waals surface area (Å²) in [6.45, 7) is 5.19. The number of thioether (sulfide) groups is 2. The molecule has 1 amide bonds. The SMILES string of the molecule is CSCCOC(=O)C1(SC)C[C@H](OC(C)=O)[C@@H](NC(C)=O)[C@H]([C@H](OC(C)=O)[C@@H](COC(C)=O)OC(C)=O)O1. The molecule has 0 aromatic heterocycles. The number of rotatable bonds is 13. The van der Waals surface area contributed by atoms with Gasteiger partial charge in [0, 0.05) is 46.8 Å². The Morgan fingerprint density at radius 1 is 0.921 bits per heavy atom. The van der Waals surface area contributed by atoms with Crippen molar-refractivity contribution >= 4 is 59.3 Å². The van der Waals surface area contributed by atoms with Crippen LogP contribution in [0.15, 0.2) is 0 Å². The van der Waals surface area contributed by atoms with Crippen LogP contribution in [0.2, 0.25) is 0 Å². The lowest BCUT2D eigenvalue weighted by molar-refractivity contribution is -0.224. The van der Waals surface area contributed by atoms with E-state index in [1.165, 1.54) is 18.7 Å². The molecule has 1 unspecified atom stereocenters. The monoisotopic (exact) mass is 581 g/mol. The molecular formula is C23H35NO12S2. The minimum Gasteiger partial charge on any atom is -0.462 e. The van der Waals surface area contributed by atoms with E-state index in [0.29, 0.717) is 5.75 Å². The number of hydrogen-bond donors (Lipinski definition) is 1. The molecule has 1 N–H and O–H groups in total. The summed E-state index contributed by atoms with van der Waals surface area (Å²) in [5, 5.41) is 2.62. The summed E-state index contributed by atoms with van der Waals surface area (Å²) >= 11 is 2.41. The van der Waals surface area contributed by atoms with Gasteiger partial charge in [0.25, 0.3) is 0 Å². The predicted octanol–water partition coefficient (Wildman–Crippen LogP) is 0.604. The van der Waals surface area contributed by atoms with E-state index >= 15 is 0 Å². The number of ether oxygens (including phenoxy) is 6. The lowest BCUT2D eigenvalue weighted by Crippen LogP contribution is -2.68. The van der Waals surface area contributed by atoms with E-state index in [2.05, 4.69) is 5.32 Å². The zero-order valence-corrected chi connectivity index (χ0v) is 24.1. The maximum atomic E-state index is 13.3. The Balaban J connectivity index is 3.71. The van der Waals surface area contributed by atoms with Crippen molar-refractivity contribution in [3.8, 4) is 0 Å². The highest BCUT2D eigenvalue weighted by molar-refractivity contribution is 8.00. The van der Waals surface area contributed by atoms with Crippen molar-refractivity contribution in [1.29, 1.82) is 0 Å². The van der Waals surface area contributed by atoms with Gasteiger partial charge in [0.2, 0.25) is 10.8 Å². The summed E-state index contributed by atoms with van der Waals surface area (Å²) in [6.07, 6.45) is -2.33. The molecule has 0 aromatic rings. The second-order valence-corrected chi connectivity index (χ2v) is 10.3. The Hall–Kier alpha value is -2.52. The third-order valence-corrected chi connectivity index (χ3v) is 6.82. The molecule has 0 bridgehead atoms. The van der Waals surface area contributed by atoms with E-state index in [4.69, 9.17) is 28.4 Å². The predicted molar refractivity (Wildman–Crippen MR) is 136 cm³/mol. The molecule has 1 heterocycles. The quantitative estimate of drug-likeness (QED) is 0.182. The molecule has 0 aliphatic carbocycles. The Morgan fingerprint density at radius 2 is 1.55 bits per heavy atom. The second kappa shape index (κ2) is 15.8. The van der Waals surface area contributed by atoms with Gasteiger partial charge < -0.3 is 33.7 Å². The average molecular weight is 582 g/mol. The van der Waals surface area contributed by atoms with Crippen LogP contribution in [0.25, 0.3) is 0 Å². The van der Waals surface area contributed by atoms with Crippen LogP contribution in [0.3, 0.4) is 0 Å². The molecule has 13 nitrogen and oxygen atoms in total. The zero-order valence-electron chi connectivity index (χ0n) is 22.4. The molecule has 1 fully saturated rings. The number of carbonyl (C=O) groups is 6. The fourth-order valence-corrected chi connectivity index (χ4v) is 4.80. The van der Waals surface area contributed by atoms with Gasteiger partial charge >= 0.3 is 29.8 Å². The van der Waals surface area contributed by atoms with Crippen molar-refractivity contribution in [3.05, 3.63) is 0 Å². The summed E-state index contributed by atoms with van der Waals surface area (Å²) in [5.74, 6) is -3.87. The van der Waals surface area contributed by atoms with E-state index in [0.717, 1.165) is 39.5 Å². The summed E-state index contributed by atoms with van der Waals surface area (Å²) in [5.41, 5.74) is 0. The smallest absolute Gasteiger partial charge is 0.349 e. The van der Waals surface area contributed by atoms with E-state index in [-0.39, 0.29) is 13.0 Å². The van der Waals surface area contributed by atoms with Gasteiger partial charge in [-0.15, -0.1) is 11.8 Å². The summed E-state index contributed by atoms with van der Waals surface area (Å²) in [6, 6.07) is -1.17. The summed E-state index contributed by atoms with van der Waals surface area (Å²) < 4.78 is 32.9. The molecule has 0 aromatic carbocycles. The first-order chi connectivity index (χ1) is 17.8. The first-order valence-electron chi connectivity index (χ1n) is 11.6. The Kier molecular flexibility index (Phi) is 13.9. The van der Waals surface area contributed by atoms with Gasteiger partial charge in [-0.05, 0) is 12.5 Å². The lowest BCUT2D eigenvalue weighted by atomic mass is 9.89. The number of carbonyl (C=O) groups excluding carboxylic acids is 6. The van der Waals surface area contributed by atoms with Gasteiger partial charge in [-0.25, -0.2) is 4.79 Å². The van der Waals surface area contributed by atoms with Crippen LogP contribution in [0.4, 0.5) is 0 Å². The Morgan fingerprint density at radius 3 is 2.03 bits per heavy atom. The first kappa shape index (κ1) is 33.5. The highest BCUT2D eigenvalue weighted by Crippen LogP contribution is 2.41. The van der Waals surface area contributed by atoms with Crippen molar-refractivity contribution in [1.82, 2.24) is 5.32 Å². The lowest BCUT2D eigenvalue weighted by Gasteiger charge is -2.48. The standard InChI is InChI=1S/C23H35NO12S2/c1-12(25)24-19-17(33-14(3)27)10-23(38-7,22(30)31-8-9-37-6)36-21(19)20(35-16(5)29)18(34-15(4)28)11-32-13(2)26/h17-21H,8-11H2,1-7H3,(H,24,25)/t17-,18+,19+,20+,21+,23?/m0/s1. The fourth-order valence-electron chi connectivity index (χ4n) is 3.78. The van der Waals surface area contributed by atoms with Crippen molar-refractivity contribution in [2.45, 2.75) is 76.4 Å². The van der Waals surface area contributed by atoms with Crippen molar-refractivity contribution in [2.75, 3.05) is 31.5 Å².